The molecule has 4 nitrogen and oxygen atoms in total. The van der Waals surface area contributed by atoms with Gasteiger partial charge in [0.2, 0.25) is 5.95 Å². The molecule has 0 spiro atoms. The number of anilines is 1. The summed E-state index contributed by atoms with van der Waals surface area (Å²) in [7, 11) is 0. The minimum atomic E-state index is -0.608. The Kier molecular flexibility index (Phi) is 5.09. The Hall–Kier alpha value is -2.73. The normalized spacial score (nSPS) is 10.4. The lowest BCUT2D eigenvalue weighted by Crippen LogP contribution is -2.14. The van der Waals surface area contributed by atoms with Crippen molar-refractivity contribution >= 4 is 27.5 Å². The summed E-state index contributed by atoms with van der Waals surface area (Å²) in [5.41, 5.74) is 1.28. The number of nitrogens with one attached hydrogen (secondary N) is 1. The van der Waals surface area contributed by atoms with Gasteiger partial charge in [0.05, 0.1) is 11.3 Å². The molecule has 0 radical (unpaired) electrons. The molecule has 0 aliphatic heterocycles. The van der Waals surface area contributed by atoms with Crippen molar-refractivity contribution in [1.29, 1.82) is 0 Å². The number of hydrogen-bond donors (Lipinski definition) is 1. The number of aromatic nitrogens is 1. The van der Waals surface area contributed by atoms with Crippen molar-refractivity contribution in [1.82, 2.24) is 4.98 Å². The summed E-state index contributed by atoms with van der Waals surface area (Å²) in [6, 6.07) is 17.0. The summed E-state index contributed by atoms with van der Waals surface area (Å²) in [5.74, 6) is 0.419. The number of benzene rings is 2. The van der Waals surface area contributed by atoms with Crippen molar-refractivity contribution < 1.29 is 13.9 Å². The molecule has 0 bridgehead atoms. The first-order valence-electron chi connectivity index (χ1n) is 7.49. The number of rotatable bonds is 4. The molecule has 0 aliphatic carbocycles. The molecule has 3 rings (SSSR count). The molecule has 0 fully saturated rings. The lowest BCUT2D eigenvalue weighted by molar-refractivity contribution is 0.102. The number of hydrogen-bond acceptors (Lipinski definition) is 3. The Morgan fingerprint density at radius 1 is 1.00 bits per heavy atom. The van der Waals surface area contributed by atoms with E-state index in [-0.39, 0.29) is 5.91 Å². The molecule has 3 aromatic rings. The largest absolute Gasteiger partial charge is 0.457 e. The first-order chi connectivity index (χ1) is 12.0. The molecule has 0 saturated heterocycles. The van der Waals surface area contributed by atoms with E-state index in [1.807, 2.05) is 24.3 Å². The van der Waals surface area contributed by atoms with E-state index in [1.165, 1.54) is 6.07 Å². The van der Waals surface area contributed by atoms with Crippen LogP contribution < -0.4 is 10.1 Å². The van der Waals surface area contributed by atoms with Gasteiger partial charge in [-0.25, -0.2) is 4.98 Å². The SMILES string of the molecule is Cc1nc(F)ccc1C(=O)Nc1ccc(Oc2ccc(Br)cc2)cc1. The first-order valence-corrected chi connectivity index (χ1v) is 8.28. The molecule has 6 heteroatoms. The van der Waals surface area contributed by atoms with E-state index in [0.717, 1.165) is 10.5 Å². The van der Waals surface area contributed by atoms with Crippen LogP contribution in [-0.2, 0) is 0 Å². The minimum absolute atomic E-state index is 0.330. The van der Waals surface area contributed by atoms with Gasteiger partial charge in [0.25, 0.3) is 5.91 Å². The maximum atomic E-state index is 13.0. The third-order valence-electron chi connectivity index (χ3n) is 3.46. The second-order valence-electron chi connectivity index (χ2n) is 5.30. The third-order valence-corrected chi connectivity index (χ3v) is 3.99. The number of carbonyl (C=O) groups is 1. The van der Waals surface area contributed by atoms with E-state index in [9.17, 15) is 9.18 Å². The minimum Gasteiger partial charge on any atom is -0.457 e. The number of pyridine rings is 1. The van der Waals surface area contributed by atoms with Crippen LogP contribution >= 0.6 is 15.9 Å². The van der Waals surface area contributed by atoms with E-state index in [1.54, 1.807) is 31.2 Å². The molecule has 0 aliphatic rings. The second-order valence-corrected chi connectivity index (χ2v) is 6.22. The zero-order chi connectivity index (χ0) is 17.8. The lowest BCUT2D eigenvalue weighted by Gasteiger charge is -2.09. The Labute approximate surface area is 152 Å². The van der Waals surface area contributed by atoms with Gasteiger partial charge in [0.15, 0.2) is 0 Å². The average molecular weight is 401 g/mol. The van der Waals surface area contributed by atoms with Crippen molar-refractivity contribution in [2.45, 2.75) is 6.92 Å². The van der Waals surface area contributed by atoms with Gasteiger partial charge in [-0.2, -0.15) is 4.39 Å². The van der Waals surface area contributed by atoms with Crippen molar-refractivity contribution in [2.24, 2.45) is 0 Å². The molecule has 126 valence electrons. The molecule has 1 amide bonds. The number of aryl methyl sites for hydroxylation is 1. The predicted octanol–water partition coefficient (Wildman–Crippen LogP) is 5.34. The fourth-order valence-corrected chi connectivity index (χ4v) is 2.48. The maximum absolute atomic E-state index is 13.0. The van der Waals surface area contributed by atoms with Crippen LogP contribution in [0.4, 0.5) is 10.1 Å². The van der Waals surface area contributed by atoms with Crippen molar-refractivity contribution in [3.05, 3.63) is 82.3 Å². The molecule has 1 N–H and O–H groups in total. The number of nitrogens with zero attached hydrogens (tertiary/aromatic N) is 1. The molecule has 0 atom stereocenters. The van der Waals surface area contributed by atoms with Crippen LogP contribution in [0.25, 0.3) is 0 Å². The molecule has 0 unspecified atom stereocenters. The summed E-state index contributed by atoms with van der Waals surface area (Å²) in [6.07, 6.45) is 0. The van der Waals surface area contributed by atoms with E-state index >= 15 is 0 Å². The van der Waals surface area contributed by atoms with Gasteiger partial charge < -0.3 is 10.1 Å². The van der Waals surface area contributed by atoms with Gasteiger partial charge in [-0.05, 0) is 67.6 Å². The summed E-state index contributed by atoms with van der Waals surface area (Å²) >= 11 is 3.37. The molecule has 1 heterocycles. The van der Waals surface area contributed by atoms with E-state index < -0.39 is 5.95 Å². The van der Waals surface area contributed by atoms with Crippen molar-refractivity contribution in [2.75, 3.05) is 5.32 Å². The molecule has 25 heavy (non-hydrogen) atoms. The summed E-state index contributed by atoms with van der Waals surface area (Å²) in [5, 5.41) is 2.75. The summed E-state index contributed by atoms with van der Waals surface area (Å²) in [6.45, 7) is 1.59. The summed E-state index contributed by atoms with van der Waals surface area (Å²) in [4.78, 5) is 15.9. The Bertz CT molecular complexity index is 896. The van der Waals surface area contributed by atoms with Crippen LogP contribution in [-0.4, -0.2) is 10.9 Å². The topological polar surface area (TPSA) is 51.2 Å². The number of amides is 1. The lowest BCUT2D eigenvalue weighted by atomic mass is 10.2. The van der Waals surface area contributed by atoms with Crippen LogP contribution in [0, 0.1) is 12.9 Å². The number of halogens is 2. The quantitative estimate of drug-likeness (QED) is 0.601. The Morgan fingerprint density at radius 3 is 2.20 bits per heavy atom. The zero-order valence-corrected chi connectivity index (χ0v) is 14.9. The third kappa shape index (κ3) is 4.42. The highest BCUT2D eigenvalue weighted by molar-refractivity contribution is 9.10. The van der Waals surface area contributed by atoms with Crippen LogP contribution in [0.1, 0.15) is 16.1 Å². The fourth-order valence-electron chi connectivity index (χ4n) is 2.21. The Morgan fingerprint density at radius 2 is 1.60 bits per heavy atom. The van der Waals surface area contributed by atoms with Crippen LogP contribution in [0.5, 0.6) is 11.5 Å². The molecule has 1 aromatic heterocycles. The smallest absolute Gasteiger partial charge is 0.257 e. The van der Waals surface area contributed by atoms with Crippen LogP contribution in [0.2, 0.25) is 0 Å². The van der Waals surface area contributed by atoms with Gasteiger partial charge in [-0.15, -0.1) is 0 Å². The Balaban J connectivity index is 1.67. The average Bonchev–Trinajstić information content (AvgIpc) is 2.58. The standard InChI is InChI=1S/C19H14BrFN2O2/c1-12-17(10-11-18(21)22-12)19(24)23-14-4-8-16(9-5-14)25-15-6-2-13(20)3-7-15/h2-11H,1H3,(H,23,24). The predicted molar refractivity (Wildman–Crippen MR) is 97.5 cm³/mol. The monoisotopic (exact) mass is 400 g/mol. The molecule has 0 saturated carbocycles. The van der Waals surface area contributed by atoms with Gasteiger partial charge >= 0.3 is 0 Å². The highest BCUT2D eigenvalue weighted by Crippen LogP contribution is 2.24. The van der Waals surface area contributed by atoms with E-state index in [4.69, 9.17) is 4.74 Å². The van der Waals surface area contributed by atoms with Crippen LogP contribution in [0.3, 0.4) is 0 Å². The molecule has 2 aromatic carbocycles. The number of carbonyl (C=O) groups excluding carboxylic acids is 1. The highest BCUT2D eigenvalue weighted by atomic mass is 79.9. The van der Waals surface area contributed by atoms with Gasteiger partial charge in [0.1, 0.15) is 11.5 Å². The van der Waals surface area contributed by atoms with Crippen LogP contribution in [0.15, 0.2) is 65.1 Å². The maximum Gasteiger partial charge on any atom is 0.257 e. The first kappa shape index (κ1) is 17.1. The van der Waals surface area contributed by atoms with Gasteiger partial charge in [-0.1, -0.05) is 15.9 Å². The van der Waals surface area contributed by atoms with Crippen molar-refractivity contribution in [3.63, 3.8) is 0 Å². The number of ether oxygens (including phenoxy) is 1. The zero-order valence-electron chi connectivity index (χ0n) is 13.3. The summed E-state index contributed by atoms with van der Waals surface area (Å²) < 4.78 is 19.7. The van der Waals surface area contributed by atoms with Crippen molar-refractivity contribution in [3.8, 4) is 11.5 Å². The van der Waals surface area contributed by atoms with E-state index in [2.05, 4.69) is 26.2 Å². The second kappa shape index (κ2) is 7.44. The molecular weight excluding hydrogens is 387 g/mol. The fraction of sp³-hybridized carbons (Fsp3) is 0.0526. The molecular formula is C19H14BrFN2O2. The van der Waals surface area contributed by atoms with Gasteiger partial charge in [0, 0.05) is 10.2 Å². The van der Waals surface area contributed by atoms with Gasteiger partial charge in [-0.3, -0.25) is 4.79 Å². The van der Waals surface area contributed by atoms with E-state index in [0.29, 0.717) is 28.4 Å². The highest BCUT2D eigenvalue weighted by Gasteiger charge is 2.11.